The summed E-state index contributed by atoms with van der Waals surface area (Å²) < 4.78 is 6.90. The molecule has 128 valence electrons. The van der Waals surface area contributed by atoms with Crippen LogP contribution in [0, 0.1) is 20.8 Å². The summed E-state index contributed by atoms with van der Waals surface area (Å²) in [6.07, 6.45) is 0. The van der Waals surface area contributed by atoms with Crippen LogP contribution >= 0.6 is 34.4 Å². The number of thiazole rings is 1. The van der Waals surface area contributed by atoms with Crippen LogP contribution in [0.25, 0.3) is 10.2 Å². The van der Waals surface area contributed by atoms with Crippen molar-refractivity contribution in [1.29, 1.82) is 0 Å². The first-order valence-corrected chi connectivity index (χ1v) is 10.2. The van der Waals surface area contributed by atoms with E-state index in [0.717, 1.165) is 36.5 Å². The van der Waals surface area contributed by atoms with Gasteiger partial charge in [0.05, 0.1) is 29.2 Å². The van der Waals surface area contributed by atoms with Gasteiger partial charge in [0.25, 0.3) is 5.56 Å². The van der Waals surface area contributed by atoms with Crippen molar-refractivity contribution in [2.24, 2.45) is 0 Å². The number of nitrogens with zero attached hydrogens (tertiary/aromatic N) is 3. The highest BCUT2D eigenvalue weighted by atomic mass is 32.2. The van der Waals surface area contributed by atoms with Gasteiger partial charge in [-0.25, -0.2) is 9.97 Å². The van der Waals surface area contributed by atoms with Gasteiger partial charge in [-0.05, 0) is 26.3 Å². The first-order chi connectivity index (χ1) is 11.5. The van der Waals surface area contributed by atoms with Crippen molar-refractivity contribution in [2.45, 2.75) is 38.2 Å². The number of hydrogen-bond acceptors (Lipinski definition) is 7. The number of aryl methyl sites for hydroxylation is 3. The van der Waals surface area contributed by atoms with Crippen LogP contribution < -0.4 is 5.56 Å². The quantitative estimate of drug-likeness (QED) is 0.480. The number of thioether (sulfide) groups is 1. The van der Waals surface area contributed by atoms with Gasteiger partial charge in [0, 0.05) is 23.1 Å². The standard InChI is InChI=1S/C16H19N3O2S3/c1-9-10(2)24-14-13(9)15(20)19(5-6-21-4)16(18-14)23-8-12-7-22-11(3)17-12/h7H,5-6,8H2,1-4H3. The van der Waals surface area contributed by atoms with Gasteiger partial charge in [-0.15, -0.1) is 22.7 Å². The molecule has 0 bridgehead atoms. The number of ether oxygens (including phenoxy) is 1. The summed E-state index contributed by atoms with van der Waals surface area (Å²) in [7, 11) is 1.64. The number of fused-ring (bicyclic) bond motifs is 1. The maximum atomic E-state index is 13.0. The lowest BCUT2D eigenvalue weighted by Gasteiger charge is -2.11. The molecular formula is C16H19N3O2S3. The minimum Gasteiger partial charge on any atom is -0.383 e. The van der Waals surface area contributed by atoms with Crippen LogP contribution in [0.5, 0.6) is 0 Å². The van der Waals surface area contributed by atoms with Crippen molar-refractivity contribution in [1.82, 2.24) is 14.5 Å². The number of hydrogen-bond donors (Lipinski definition) is 0. The van der Waals surface area contributed by atoms with Crippen LogP contribution in [-0.2, 0) is 17.0 Å². The van der Waals surface area contributed by atoms with Gasteiger partial charge >= 0.3 is 0 Å². The molecule has 5 nitrogen and oxygen atoms in total. The lowest BCUT2D eigenvalue weighted by atomic mass is 10.2. The summed E-state index contributed by atoms with van der Waals surface area (Å²) in [5, 5.41) is 4.58. The molecular weight excluding hydrogens is 362 g/mol. The molecule has 0 saturated heterocycles. The van der Waals surface area contributed by atoms with Crippen LogP contribution in [0.3, 0.4) is 0 Å². The molecule has 0 aliphatic carbocycles. The molecule has 0 amide bonds. The summed E-state index contributed by atoms with van der Waals surface area (Å²) in [6.45, 7) is 7.01. The highest BCUT2D eigenvalue weighted by molar-refractivity contribution is 7.98. The second kappa shape index (κ2) is 7.35. The molecule has 0 fully saturated rings. The third-order valence-electron chi connectivity index (χ3n) is 3.79. The predicted molar refractivity (Wildman–Crippen MR) is 102 cm³/mol. The smallest absolute Gasteiger partial charge is 0.263 e. The van der Waals surface area contributed by atoms with Crippen molar-refractivity contribution in [3.05, 3.63) is 36.9 Å². The number of methoxy groups -OCH3 is 1. The van der Waals surface area contributed by atoms with Gasteiger partial charge in [0.15, 0.2) is 5.16 Å². The Morgan fingerprint density at radius 1 is 1.29 bits per heavy atom. The average molecular weight is 382 g/mol. The summed E-state index contributed by atoms with van der Waals surface area (Å²) >= 11 is 4.78. The molecule has 0 aliphatic rings. The van der Waals surface area contributed by atoms with Gasteiger partial charge in [-0.2, -0.15) is 0 Å². The normalized spacial score (nSPS) is 11.5. The molecule has 0 spiro atoms. The Kier molecular flexibility index (Phi) is 5.39. The van der Waals surface area contributed by atoms with Gasteiger partial charge < -0.3 is 4.74 Å². The Morgan fingerprint density at radius 3 is 2.75 bits per heavy atom. The molecule has 24 heavy (non-hydrogen) atoms. The van der Waals surface area contributed by atoms with Crippen LogP contribution in [0.15, 0.2) is 15.3 Å². The third-order valence-corrected chi connectivity index (χ3v) is 6.72. The van der Waals surface area contributed by atoms with E-state index in [0.29, 0.717) is 18.9 Å². The molecule has 3 aromatic heterocycles. The van der Waals surface area contributed by atoms with Gasteiger partial charge in [0.1, 0.15) is 4.83 Å². The van der Waals surface area contributed by atoms with Crippen molar-refractivity contribution in [3.63, 3.8) is 0 Å². The zero-order valence-corrected chi connectivity index (χ0v) is 16.5. The molecule has 3 rings (SSSR count). The van der Waals surface area contributed by atoms with Gasteiger partial charge in [-0.3, -0.25) is 9.36 Å². The van der Waals surface area contributed by atoms with E-state index in [1.165, 1.54) is 0 Å². The number of thiophene rings is 1. The van der Waals surface area contributed by atoms with Crippen molar-refractivity contribution >= 4 is 44.7 Å². The first-order valence-electron chi connectivity index (χ1n) is 7.54. The van der Waals surface area contributed by atoms with Crippen LogP contribution in [0.2, 0.25) is 0 Å². The molecule has 0 atom stereocenters. The fraction of sp³-hybridized carbons (Fsp3) is 0.438. The molecule has 0 aliphatic heterocycles. The molecule has 0 radical (unpaired) electrons. The highest BCUT2D eigenvalue weighted by Gasteiger charge is 2.17. The average Bonchev–Trinajstić information content (AvgIpc) is 3.08. The second-order valence-electron chi connectivity index (χ2n) is 5.45. The highest BCUT2D eigenvalue weighted by Crippen LogP contribution is 2.29. The fourth-order valence-electron chi connectivity index (χ4n) is 2.41. The maximum Gasteiger partial charge on any atom is 0.263 e. The Morgan fingerprint density at radius 2 is 2.08 bits per heavy atom. The van der Waals surface area contributed by atoms with Crippen LogP contribution in [-0.4, -0.2) is 28.3 Å². The molecule has 8 heteroatoms. The van der Waals surface area contributed by atoms with Crippen LogP contribution in [0.4, 0.5) is 0 Å². The minimum atomic E-state index is 0.0239. The lowest BCUT2D eigenvalue weighted by Crippen LogP contribution is -2.25. The van der Waals surface area contributed by atoms with Gasteiger partial charge in [-0.1, -0.05) is 11.8 Å². The minimum absolute atomic E-state index is 0.0239. The largest absolute Gasteiger partial charge is 0.383 e. The van der Waals surface area contributed by atoms with E-state index in [1.54, 1.807) is 46.1 Å². The van der Waals surface area contributed by atoms with E-state index >= 15 is 0 Å². The van der Waals surface area contributed by atoms with Crippen LogP contribution in [0.1, 0.15) is 21.1 Å². The monoisotopic (exact) mass is 381 g/mol. The number of aromatic nitrogens is 3. The molecule has 0 saturated carbocycles. The molecule has 3 aromatic rings. The molecule has 0 unspecified atom stereocenters. The summed E-state index contributed by atoms with van der Waals surface area (Å²) in [4.78, 5) is 24.2. The van der Waals surface area contributed by atoms with Crippen molar-refractivity contribution in [3.8, 4) is 0 Å². The van der Waals surface area contributed by atoms with Crippen molar-refractivity contribution in [2.75, 3.05) is 13.7 Å². The Hall–Kier alpha value is -1.22. The zero-order chi connectivity index (χ0) is 17.3. The summed E-state index contributed by atoms with van der Waals surface area (Å²) in [6, 6.07) is 0. The van der Waals surface area contributed by atoms with Gasteiger partial charge in [0.2, 0.25) is 0 Å². The van der Waals surface area contributed by atoms with Crippen molar-refractivity contribution < 1.29 is 4.74 Å². The topological polar surface area (TPSA) is 57.0 Å². The number of rotatable bonds is 6. The molecule has 0 N–H and O–H groups in total. The third kappa shape index (κ3) is 3.42. The predicted octanol–water partition coefficient (Wildman–Crippen LogP) is 3.78. The summed E-state index contributed by atoms with van der Waals surface area (Å²) in [5.74, 6) is 0.707. The first kappa shape index (κ1) is 17.6. The van der Waals surface area contributed by atoms with E-state index in [4.69, 9.17) is 9.72 Å². The SMILES string of the molecule is COCCn1c(SCc2csc(C)n2)nc2sc(C)c(C)c2c1=O. The summed E-state index contributed by atoms with van der Waals surface area (Å²) in [5.41, 5.74) is 2.08. The van der Waals surface area contributed by atoms with E-state index in [-0.39, 0.29) is 5.56 Å². The maximum absolute atomic E-state index is 13.0. The molecule has 0 aromatic carbocycles. The lowest BCUT2D eigenvalue weighted by molar-refractivity contribution is 0.183. The van der Waals surface area contributed by atoms with E-state index in [9.17, 15) is 4.79 Å². The zero-order valence-electron chi connectivity index (χ0n) is 14.1. The van der Waals surface area contributed by atoms with E-state index < -0.39 is 0 Å². The molecule has 3 heterocycles. The van der Waals surface area contributed by atoms with E-state index in [2.05, 4.69) is 10.4 Å². The Labute approximate surface area is 152 Å². The fourth-order valence-corrected chi connectivity index (χ4v) is 5.12. The Balaban J connectivity index is 2.02. The van der Waals surface area contributed by atoms with E-state index in [1.807, 2.05) is 20.8 Å². The second-order valence-corrected chi connectivity index (χ2v) is 8.66. The Bertz CT molecular complexity index is 927.